The maximum absolute atomic E-state index is 12.7. The Morgan fingerprint density at radius 3 is 2.41 bits per heavy atom. The molecule has 1 aromatic rings. The number of aliphatic hydroxyl groups excluding tert-OH is 2. The van der Waals surface area contributed by atoms with Crippen LogP contribution in [0.3, 0.4) is 0 Å². The van der Waals surface area contributed by atoms with Crippen molar-refractivity contribution >= 4 is 28.3 Å². The number of hydrogen-bond donors (Lipinski definition) is 2. The maximum Gasteiger partial charge on any atom is 0.498 e. The second-order valence-corrected chi connectivity index (χ2v) is 11.5. The lowest BCUT2D eigenvalue weighted by atomic mass is 9.81. The SMILES string of the molecule is CC1(C)OB(c2cnc(S(=O)(=O)CC[C@H]3CCCN(C(=O)[C@@H](O)CO)C3)nc2)OC1(C)C. The van der Waals surface area contributed by atoms with Gasteiger partial charge < -0.3 is 24.4 Å². The van der Waals surface area contributed by atoms with Gasteiger partial charge in [-0.3, -0.25) is 4.79 Å². The van der Waals surface area contributed by atoms with E-state index in [4.69, 9.17) is 14.4 Å². The van der Waals surface area contributed by atoms with Gasteiger partial charge >= 0.3 is 7.12 Å². The third kappa shape index (κ3) is 5.31. The Morgan fingerprint density at radius 1 is 1.25 bits per heavy atom. The Labute approximate surface area is 189 Å². The standard InChI is InChI=1S/C20H32BN3O7S/c1-19(2)20(3,4)31-21(30-19)15-10-22-18(23-11-15)32(28,29)9-7-14-6-5-8-24(12-14)17(27)16(26)13-25/h10-11,14,16,25-26H,5-9,12-13H2,1-4H3/t14-,16+/m1/s1. The summed E-state index contributed by atoms with van der Waals surface area (Å²) in [5, 5.41) is 18.3. The van der Waals surface area contributed by atoms with Crippen molar-refractivity contribution in [3.8, 4) is 0 Å². The summed E-state index contributed by atoms with van der Waals surface area (Å²) in [5.74, 6) is -0.683. The smallest absolute Gasteiger partial charge is 0.399 e. The zero-order chi connectivity index (χ0) is 23.7. The van der Waals surface area contributed by atoms with Crippen LogP contribution in [0.1, 0.15) is 47.0 Å². The first-order valence-electron chi connectivity index (χ1n) is 10.8. The summed E-state index contributed by atoms with van der Waals surface area (Å²) in [6.45, 7) is 7.92. The maximum atomic E-state index is 12.7. The van der Waals surface area contributed by atoms with Gasteiger partial charge in [0.15, 0.2) is 6.10 Å². The van der Waals surface area contributed by atoms with Crippen molar-refractivity contribution in [3.63, 3.8) is 0 Å². The van der Waals surface area contributed by atoms with E-state index in [9.17, 15) is 18.3 Å². The quantitative estimate of drug-likeness (QED) is 0.401. The molecule has 0 aromatic carbocycles. The minimum absolute atomic E-state index is 0.0163. The van der Waals surface area contributed by atoms with E-state index in [0.717, 1.165) is 6.42 Å². The highest BCUT2D eigenvalue weighted by molar-refractivity contribution is 7.91. The van der Waals surface area contributed by atoms with Gasteiger partial charge in [-0.15, -0.1) is 0 Å². The first-order valence-corrected chi connectivity index (χ1v) is 12.5. The van der Waals surface area contributed by atoms with Crippen LogP contribution in [-0.4, -0.2) is 89.3 Å². The van der Waals surface area contributed by atoms with Gasteiger partial charge in [0, 0.05) is 30.9 Å². The molecule has 0 radical (unpaired) electrons. The average Bonchev–Trinajstić information content (AvgIpc) is 2.98. The van der Waals surface area contributed by atoms with Crippen LogP contribution in [0.25, 0.3) is 0 Å². The van der Waals surface area contributed by atoms with Crippen LogP contribution in [-0.2, 0) is 23.9 Å². The second kappa shape index (κ2) is 9.34. The summed E-state index contributed by atoms with van der Waals surface area (Å²) in [6, 6.07) is 0. The molecule has 2 atom stereocenters. The zero-order valence-electron chi connectivity index (χ0n) is 19.0. The molecule has 2 fully saturated rings. The van der Waals surface area contributed by atoms with Crippen LogP contribution in [0.4, 0.5) is 0 Å². The Hall–Kier alpha value is -1.60. The number of carbonyl (C=O) groups excluding carboxylic acids is 1. The number of aromatic nitrogens is 2. The van der Waals surface area contributed by atoms with Crippen LogP contribution >= 0.6 is 0 Å². The van der Waals surface area contributed by atoms with Gasteiger partial charge in [-0.25, -0.2) is 18.4 Å². The predicted octanol–water partition coefficient (Wildman–Crippen LogP) is -0.469. The topological polar surface area (TPSA) is 139 Å². The highest BCUT2D eigenvalue weighted by Gasteiger charge is 2.52. The van der Waals surface area contributed by atoms with Gasteiger partial charge in [-0.2, -0.15) is 0 Å². The number of amides is 1. The van der Waals surface area contributed by atoms with Crippen LogP contribution in [0.5, 0.6) is 0 Å². The number of carbonyl (C=O) groups is 1. The number of aliphatic hydroxyl groups is 2. The summed E-state index contributed by atoms with van der Waals surface area (Å²) in [4.78, 5) is 21.7. The third-order valence-corrected chi connectivity index (χ3v) is 8.08. The molecule has 10 nitrogen and oxygen atoms in total. The van der Waals surface area contributed by atoms with Crippen molar-refractivity contribution in [1.82, 2.24) is 14.9 Å². The van der Waals surface area contributed by atoms with Crippen LogP contribution in [0.2, 0.25) is 0 Å². The number of rotatable bonds is 7. The first kappa shape index (κ1) is 25.0. The summed E-state index contributed by atoms with van der Waals surface area (Å²) < 4.78 is 37.4. The van der Waals surface area contributed by atoms with Crippen molar-refractivity contribution in [3.05, 3.63) is 12.4 Å². The lowest BCUT2D eigenvalue weighted by molar-refractivity contribution is -0.144. The molecule has 1 aromatic heterocycles. The number of nitrogens with zero attached hydrogens (tertiary/aromatic N) is 3. The zero-order valence-corrected chi connectivity index (χ0v) is 19.8. The third-order valence-electron chi connectivity index (χ3n) is 6.54. The fourth-order valence-electron chi connectivity index (χ4n) is 3.79. The van der Waals surface area contributed by atoms with Crippen molar-refractivity contribution < 1.29 is 32.7 Å². The molecule has 0 spiro atoms. The van der Waals surface area contributed by atoms with E-state index >= 15 is 0 Å². The minimum atomic E-state index is -3.70. The van der Waals surface area contributed by atoms with E-state index < -0.39 is 46.8 Å². The van der Waals surface area contributed by atoms with E-state index in [1.165, 1.54) is 17.3 Å². The molecule has 0 unspecified atom stereocenters. The molecule has 0 saturated carbocycles. The lowest BCUT2D eigenvalue weighted by Crippen LogP contribution is -2.46. The summed E-state index contributed by atoms with van der Waals surface area (Å²) in [6.07, 6.45) is 3.25. The van der Waals surface area contributed by atoms with Gasteiger partial charge in [-0.05, 0) is 52.9 Å². The van der Waals surface area contributed by atoms with Crippen molar-refractivity contribution in [1.29, 1.82) is 0 Å². The average molecular weight is 469 g/mol. The number of piperidine rings is 1. The molecule has 32 heavy (non-hydrogen) atoms. The molecule has 2 aliphatic heterocycles. The van der Waals surface area contributed by atoms with E-state index in [0.29, 0.717) is 31.4 Å². The highest BCUT2D eigenvalue weighted by Crippen LogP contribution is 2.36. The molecule has 12 heteroatoms. The molecule has 2 N–H and O–H groups in total. The largest absolute Gasteiger partial charge is 0.498 e. The van der Waals surface area contributed by atoms with E-state index in [-0.39, 0.29) is 16.8 Å². The molecule has 0 aliphatic carbocycles. The molecule has 2 aliphatic rings. The Balaban J connectivity index is 1.60. The van der Waals surface area contributed by atoms with Crippen LogP contribution < -0.4 is 5.46 Å². The molecule has 178 valence electrons. The molecule has 3 heterocycles. The molecule has 0 bridgehead atoms. The normalized spacial score (nSPS) is 23.9. The summed E-state index contributed by atoms with van der Waals surface area (Å²) in [7, 11) is -4.37. The Kier molecular flexibility index (Phi) is 7.31. The van der Waals surface area contributed by atoms with E-state index in [1.807, 2.05) is 27.7 Å². The molecule has 2 saturated heterocycles. The Bertz CT molecular complexity index is 908. The number of likely N-dealkylation sites (tertiary alicyclic amines) is 1. The summed E-state index contributed by atoms with van der Waals surface area (Å²) in [5.41, 5.74) is -0.498. The van der Waals surface area contributed by atoms with E-state index in [2.05, 4.69) is 9.97 Å². The predicted molar refractivity (Wildman–Crippen MR) is 117 cm³/mol. The minimum Gasteiger partial charge on any atom is -0.399 e. The molecule has 3 rings (SSSR count). The van der Waals surface area contributed by atoms with Crippen LogP contribution in [0.15, 0.2) is 17.6 Å². The fraction of sp³-hybridized carbons (Fsp3) is 0.750. The Morgan fingerprint density at radius 2 is 1.84 bits per heavy atom. The van der Waals surface area contributed by atoms with Gasteiger partial charge in [0.1, 0.15) is 0 Å². The molecular formula is C20H32BN3O7S. The lowest BCUT2D eigenvalue weighted by Gasteiger charge is -2.33. The molecular weight excluding hydrogens is 437 g/mol. The van der Waals surface area contributed by atoms with Gasteiger partial charge in [0.25, 0.3) is 5.91 Å². The molecule has 1 amide bonds. The summed E-state index contributed by atoms with van der Waals surface area (Å²) >= 11 is 0. The van der Waals surface area contributed by atoms with Gasteiger partial charge in [0.05, 0.1) is 23.6 Å². The second-order valence-electron chi connectivity index (χ2n) is 9.49. The number of sulfone groups is 1. The van der Waals surface area contributed by atoms with Crippen LogP contribution in [0, 0.1) is 5.92 Å². The van der Waals surface area contributed by atoms with Crippen molar-refractivity contribution in [2.24, 2.45) is 5.92 Å². The number of hydrogen-bond acceptors (Lipinski definition) is 9. The highest BCUT2D eigenvalue weighted by atomic mass is 32.2. The van der Waals surface area contributed by atoms with Crippen molar-refractivity contribution in [2.45, 2.75) is 69.4 Å². The van der Waals surface area contributed by atoms with E-state index in [1.54, 1.807) is 0 Å². The fourth-order valence-corrected chi connectivity index (χ4v) is 5.04. The van der Waals surface area contributed by atoms with Gasteiger partial charge in [0.2, 0.25) is 15.0 Å². The monoisotopic (exact) mass is 469 g/mol. The van der Waals surface area contributed by atoms with Crippen molar-refractivity contribution in [2.75, 3.05) is 25.4 Å². The first-order chi connectivity index (χ1) is 14.9. The van der Waals surface area contributed by atoms with Gasteiger partial charge in [-0.1, -0.05) is 0 Å².